The lowest BCUT2D eigenvalue weighted by Crippen LogP contribution is -2.43. The van der Waals surface area contributed by atoms with Crippen LogP contribution in [-0.2, 0) is 16.0 Å². The van der Waals surface area contributed by atoms with Crippen molar-refractivity contribution in [1.82, 2.24) is 15.5 Å². The van der Waals surface area contributed by atoms with Gasteiger partial charge in [-0.05, 0) is 44.1 Å². The van der Waals surface area contributed by atoms with Crippen molar-refractivity contribution in [2.75, 3.05) is 36.0 Å². The Balaban J connectivity index is 1.26. The third-order valence-electron chi connectivity index (χ3n) is 5.80. The second kappa shape index (κ2) is 10.0. The molecule has 0 aliphatic carbocycles. The van der Waals surface area contributed by atoms with Crippen molar-refractivity contribution in [3.05, 3.63) is 35.9 Å². The summed E-state index contributed by atoms with van der Waals surface area (Å²) in [5.74, 6) is 0.235. The van der Waals surface area contributed by atoms with E-state index in [1.165, 1.54) is 16.9 Å². The van der Waals surface area contributed by atoms with Crippen LogP contribution in [-0.4, -0.2) is 48.2 Å². The van der Waals surface area contributed by atoms with Crippen molar-refractivity contribution < 1.29 is 9.59 Å². The second-order valence-corrected chi connectivity index (χ2v) is 8.97. The van der Waals surface area contributed by atoms with Crippen LogP contribution in [0.15, 0.2) is 30.3 Å². The summed E-state index contributed by atoms with van der Waals surface area (Å²) >= 11 is 1.46. The smallest absolute Gasteiger partial charge is 0.228 e. The Bertz CT molecular complexity index is 856. The van der Waals surface area contributed by atoms with E-state index in [9.17, 15) is 9.59 Å². The van der Waals surface area contributed by atoms with Crippen LogP contribution in [0.4, 0.5) is 10.3 Å². The number of nitrogens with zero attached hydrogens (tertiary/aromatic N) is 4. The molecule has 0 unspecified atom stereocenters. The van der Waals surface area contributed by atoms with E-state index in [0.29, 0.717) is 24.6 Å². The number of carbonyl (C=O) groups is 2. The molecule has 2 aliphatic rings. The summed E-state index contributed by atoms with van der Waals surface area (Å²) in [7, 11) is 0. The van der Waals surface area contributed by atoms with E-state index < -0.39 is 0 Å². The molecule has 2 saturated heterocycles. The summed E-state index contributed by atoms with van der Waals surface area (Å²) in [4.78, 5) is 28.7. The maximum absolute atomic E-state index is 12.7. The van der Waals surface area contributed by atoms with Gasteiger partial charge in [-0.3, -0.25) is 14.5 Å². The first-order chi connectivity index (χ1) is 14.7. The fourth-order valence-corrected chi connectivity index (χ4v) is 5.04. The molecule has 0 radical (unpaired) electrons. The van der Waals surface area contributed by atoms with Gasteiger partial charge in [-0.25, -0.2) is 0 Å². The maximum atomic E-state index is 12.7. The fraction of sp³-hybridized carbons (Fsp3) is 0.545. The highest BCUT2D eigenvalue weighted by molar-refractivity contribution is 7.19. The number of carbonyl (C=O) groups excluding carboxylic acids is 2. The lowest BCUT2D eigenvalue weighted by Gasteiger charge is -2.31. The zero-order chi connectivity index (χ0) is 20.8. The molecule has 8 heteroatoms. The highest BCUT2D eigenvalue weighted by Crippen LogP contribution is 2.32. The first-order valence-corrected chi connectivity index (χ1v) is 11.7. The molecule has 7 nitrogen and oxygen atoms in total. The van der Waals surface area contributed by atoms with Crippen LogP contribution in [0.2, 0.25) is 0 Å². The highest BCUT2D eigenvalue weighted by Gasteiger charge is 2.29. The average molecular weight is 428 g/mol. The molecule has 30 heavy (non-hydrogen) atoms. The predicted molar refractivity (Wildman–Crippen MR) is 119 cm³/mol. The fourth-order valence-electron chi connectivity index (χ4n) is 4.11. The maximum Gasteiger partial charge on any atom is 0.228 e. The van der Waals surface area contributed by atoms with Crippen molar-refractivity contribution in [3.63, 3.8) is 0 Å². The molecule has 2 aromatic rings. The predicted octanol–water partition coefficient (Wildman–Crippen LogP) is 3.02. The van der Waals surface area contributed by atoms with Gasteiger partial charge < -0.3 is 10.2 Å². The van der Waals surface area contributed by atoms with Gasteiger partial charge in [0.2, 0.25) is 22.1 Å². The first-order valence-electron chi connectivity index (χ1n) is 10.9. The largest absolute Gasteiger partial charge is 0.356 e. The Morgan fingerprint density at radius 2 is 1.93 bits per heavy atom. The molecule has 0 saturated carbocycles. The van der Waals surface area contributed by atoms with Crippen molar-refractivity contribution in [2.24, 2.45) is 5.92 Å². The van der Waals surface area contributed by atoms with Gasteiger partial charge in [-0.15, -0.1) is 10.2 Å². The minimum atomic E-state index is -0.0283. The van der Waals surface area contributed by atoms with Crippen LogP contribution >= 0.6 is 11.3 Å². The number of aromatic nitrogens is 2. The molecule has 1 atom stereocenters. The molecule has 2 aliphatic heterocycles. The molecule has 2 fully saturated rings. The van der Waals surface area contributed by atoms with Gasteiger partial charge in [0.25, 0.3) is 0 Å². The zero-order valence-electron chi connectivity index (χ0n) is 17.3. The topological polar surface area (TPSA) is 78.4 Å². The first kappa shape index (κ1) is 20.8. The monoisotopic (exact) mass is 427 g/mol. The van der Waals surface area contributed by atoms with E-state index in [2.05, 4.69) is 32.5 Å². The van der Waals surface area contributed by atoms with Crippen LogP contribution in [0.5, 0.6) is 0 Å². The van der Waals surface area contributed by atoms with Crippen LogP contribution in [0.1, 0.15) is 44.1 Å². The van der Waals surface area contributed by atoms with Gasteiger partial charge >= 0.3 is 0 Å². The van der Waals surface area contributed by atoms with Gasteiger partial charge in [0.05, 0.1) is 5.92 Å². The third kappa shape index (κ3) is 5.16. The Morgan fingerprint density at radius 1 is 1.10 bits per heavy atom. The standard InChI is InChI=1S/C22H29N5O2S/c28-19-12-4-5-15-27(19)22-25-24-21(30-22)26-14-7-11-18(16-26)20(29)23-13-6-10-17-8-2-1-3-9-17/h1-3,8-9,18H,4-7,10-16H2,(H,23,29)/t18-/m1/s1. The number of piperidine rings is 2. The lowest BCUT2D eigenvalue weighted by molar-refractivity contribution is -0.125. The van der Waals surface area contributed by atoms with Crippen LogP contribution in [0, 0.1) is 5.92 Å². The number of nitrogens with one attached hydrogen (secondary N) is 1. The molecule has 1 aromatic carbocycles. The van der Waals surface area contributed by atoms with Crippen molar-refractivity contribution in [1.29, 1.82) is 0 Å². The number of anilines is 2. The highest BCUT2D eigenvalue weighted by atomic mass is 32.1. The summed E-state index contributed by atoms with van der Waals surface area (Å²) in [5.41, 5.74) is 1.30. The number of hydrogen-bond acceptors (Lipinski definition) is 6. The summed E-state index contributed by atoms with van der Waals surface area (Å²) in [6.45, 7) is 2.96. The quantitative estimate of drug-likeness (QED) is 0.687. The number of amides is 2. The molecule has 3 heterocycles. The number of aryl methyl sites for hydroxylation is 1. The molecule has 1 N–H and O–H groups in total. The van der Waals surface area contributed by atoms with E-state index in [0.717, 1.165) is 56.7 Å². The summed E-state index contributed by atoms with van der Waals surface area (Å²) in [6, 6.07) is 10.4. The van der Waals surface area contributed by atoms with Crippen molar-refractivity contribution in [2.45, 2.75) is 44.9 Å². The minimum Gasteiger partial charge on any atom is -0.356 e. The Labute approximate surface area is 181 Å². The second-order valence-electron chi connectivity index (χ2n) is 8.04. The third-order valence-corrected chi connectivity index (χ3v) is 6.81. The SMILES string of the molecule is O=C(NCCCc1ccccc1)[C@@H]1CCCN(c2nnc(N3CCCCC3=O)s2)C1. The molecule has 0 bridgehead atoms. The molecule has 1 aromatic heterocycles. The van der Waals surface area contributed by atoms with Gasteiger partial charge in [0, 0.05) is 32.6 Å². The van der Waals surface area contributed by atoms with Gasteiger partial charge in [0.15, 0.2) is 0 Å². The van der Waals surface area contributed by atoms with Crippen molar-refractivity contribution >= 4 is 33.4 Å². The Kier molecular flexibility index (Phi) is 6.94. The van der Waals surface area contributed by atoms with Gasteiger partial charge in [-0.1, -0.05) is 41.7 Å². The summed E-state index contributed by atoms with van der Waals surface area (Å²) in [5, 5.41) is 13.2. The van der Waals surface area contributed by atoms with E-state index in [1.807, 2.05) is 18.2 Å². The van der Waals surface area contributed by atoms with Crippen molar-refractivity contribution in [3.8, 4) is 0 Å². The molecule has 0 spiro atoms. The normalized spacial score (nSPS) is 19.7. The summed E-state index contributed by atoms with van der Waals surface area (Å²) < 4.78 is 0. The average Bonchev–Trinajstić information content (AvgIpc) is 3.28. The van der Waals surface area contributed by atoms with Gasteiger partial charge in [-0.2, -0.15) is 0 Å². The van der Waals surface area contributed by atoms with Crippen LogP contribution < -0.4 is 15.1 Å². The van der Waals surface area contributed by atoms with Crippen LogP contribution in [0.25, 0.3) is 0 Å². The lowest BCUT2D eigenvalue weighted by atomic mass is 9.97. The molecular weight excluding hydrogens is 398 g/mol. The molecule has 2 amide bonds. The van der Waals surface area contributed by atoms with Gasteiger partial charge in [0.1, 0.15) is 0 Å². The zero-order valence-corrected chi connectivity index (χ0v) is 18.1. The van der Waals surface area contributed by atoms with E-state index in [4.69, 9.17) is 0 Å². The number of benzene rings is 1. The molecular formula is C22H29N5O2S. The van der Waals surface area contributed by atoms with E-state index >= 15 is 0 Å². The molecule has 160 valence electrons. The summed E-state index contributed by atoms with van der Waals surface area (Å²) in [6.07, 6.45) is 6.32. The number of hydrogen-bond donors (Lipinski definition) is 1. The Hall–Kier alpha value is -2.48. The number of rotatable bonds is 7. The minimum absolute atomic E-state index is 0.0283. The van der Waals surface area contributed by atoms with E-state index in [1.54, 1.807) is 4.90 Å². The Morgan fingerprint density at radius 3 is 2.77 bits per heavy atom. The van der Waals surface area contributed by atoms with E-state index in [-0.39, 0.29) is 17.7 Å². The molecule has 4 rings (SSSR count). The van der Waals surface area contributed by atoms with Crippen LogP contribution in [0.3, 0.4) is 0 Å².